The van der Waals surface area contributed by atoms with Crippen LogP contribution >= 0.6 is 0 Å². The number of carbonyl (C=O) groups is 1. The molecule has 0 N–H and O–H groups in total. The molecule has 0 amide bonds. The molecule has 0 radical (unpaired) electrons. The Hall–Kier alpha value is -2.65. The maximum Gasteiger partial charge on any atom is 0.460 e. The summed E-state index contributed by atoms with van der Waals surface area (Å²) < 4.78 is 151. The molecule has 186 valence electrons. The molecule has 1 heterocycles. The van der Waals surface area contributed by atoms with E-state index in [1.807, 2.05) is 0 Å². The Morgan fingerprint density at radius 2 is 1.42 bits per heavy atom. The lowest BCUT2D eigenvalue weighted by Gasteiger charge is -2.32. The van der Waals surface area contributed by atoms with Crippen molar-refractivity contribution < 1.29 is 61.6 Å². The SMILES string of the molecule is CC(C)(C)OC(=O)n1ccc2c(OS(=O)(=O)C(F)(F)C(F)(F)C(F)(F)C(F)(F)F)cccc21. The highest BCUT2D eigenvalue weighted by molar-refractivity contribution is 7.88. The van der Waals surface area contributed by atoms with Crippen molar-refractivity contribution in [2.45, 2.75) is 49.6 Å². The monoisotopic (exact) mass is 515 g/mol. The normalized spacial score (nSPS) is 14.4. The maximum atomic E-state index is 13.9. The number of aromatic nitrogens is 1. The fraction of sp³-hybridized carbons (Fsp3) is 0.471. The van der Waals surface area contributed by atoms with Crippen molar-refractivity contribution in [1.29, 1.82) is 0 Å². The Morgan fingerprint density at radius 3 is 1.91 bits per heavy atom. The highest BCUT2D eigenvalue weighted by atomic mass is 32.2. The van der Waals surface area contributed by atoms with E-state index >= 15 is 0 Å². The van der Waals surface area contributed by atoms with Crippen molar-refractivity contribution in [1.82, 2.24) is 4.57 Å². The molecule has 16 heteroatoms. The number of nitrogens with zero attached hydrogens (tertiary/aromatic N) is 1. The van der Waals surface area contributed by atoms with Crippen LogP contribution < -0.4 is 4.18 Å². The standard InChI is InChI=1S/C17H14F9NO5S/c1-13(2,3)31-12(28)27-8-7-9-10(27)5-4-6-11(9)32-33(29,30)17(25,26)15(20,21)14(18,19)16(22,23)24/h4-8H,1-3H3. The quantitative estimate of drug-likeness (QED) is 0.385. The number of benzene rings is 1. The number of hydrogen-bond donors (Lipinski definition) is 0. The second kappa shape index (κ2) is 7.70. The number of ether oxygens (including phenoxy) is 1. The number of fused-ring (bicyclic) bond motifs is 1. The van der Waals surface area contributed by atoms with Crippen molar-refractivity contribution >= 4 is 27.1 Å². The van der Waals surface area contributed by atoms with Crippen LogP contribution in [-0.4, -0.2) is 48.0 Å². The molecule has 0 aliphatic heterocycles. The summed E-state index contributed by atoms with van der Waals surface area (Å²) in [6.07, 6.45) is -7.28. The van der Waals surface area contributed by atoms with Gasteiger partial charge in [-0.3, -0.25) is 4.57 Å². The van der Waals surface area contributed by atoms with Gasteiger partial charge in [-0.25, -0.2) is 4.79 Å². The molecule has 6 nitrogen and oxygen atoms in total. The van der Waals surface area contributed by atoms with E-state index in [0.29, 0.717) is 6.07 Å². The summed E-state index contributed by atoms with van der Waals surface area (Å²) in [5.74, 6) is -16.0. The Morgan fingerprint density at radius 1 is 0.879 bits per heavy atom. The first-order valence-corrected chi connectivity index (χ1v) is 9.95. The lowest BCUT2D eigenvalue weighted by atomic mass is 10.1. The topological polar surface area (TPSA) is 74.6 Å². The van der Waals surface area contributed by atoms with E-state index < -0.39 is 56.2 Å². The fourth-order valence-corrected chi connectivity index (χ4v) is 3.30. The number of carbonyl (C=O) groups excluding carboxylic acids is 1. The smallest absolute Gasteiger partial charge is 0.443 e. The summed E-state index contributed by atoms with van der Waals surface area (Å²) in [5.41, 5.74) is -1.24. The summed E-state index contributed by atoms with van der Waals surface area (Å²) in [7, 11) is -7.13. The number of hydrogen-bond acceptors (Lipinski definition) is 5. The predicted octanol–water partition coefficient (Wildman–Crippen LogP) is 5.56. The van der Waals surface area contributed by atoms with Crippen LogP contribution in [0.1, 0.15) is 20.8 Å². The minimum atomic E-state index is -7.44. The van der Waals surface area contributed by atoms with E-state index in [1.54, 1.807) is 0 Å². The molecule has 0 fully saturated rings. The van der Waals surface area contributed by atoms with Gasteiger partial charge in [-0.2, -0.15) is 47.9 Å². The Balaban J connectivity index is 2.52. The number of alkyl halides is 9. The molecule has 0 atom stereocenters. The first-order valence-electron chi connectivity index (χ1n) is 8.54. The Bertz CT molecular complexity index is 1160. The van der Waals surface area contributed by atoms with Crippen LogP contribution in [0.4, 0.5) is 44.3 Å². The van der Waals surface area contributed by atoms with E-state index in [-0.39, 0.29) is 5.52 Å². The van der Waals surface area contributed by atoms with Gasteiger partial charge in [-0.15, -0.1) is 0 Å². The van der Waals surface area contributed by atoms with Crippen molar-refractivity contribution in [2.75, 3.05) is 0 Å². The summed E-state index contributed by atoms with van der Waals surface area (Å²) in [5, 5.41) is -7.48. The van der Waals surface area contributed by atoms with E-state index in [0.717, 1.165) is 29.0 Å². The van der Waals surface area contributed by atoms with Crippen molar-refractivity contribution in [3.63, 3.8) is 0 Å². The highest BCUT2D eigenvalue weighted by Crippen LogP contribution is 2.55. The van der Waals surface area contributed by atoms with Crippen LogP contribution in [0.25, 0.3) is 10.9 Å². The van der Waals surface area contributed by atoms with Crippen LogP contribution in [0.15, 0.2) is 30.5 Å². The zero-order valence-electron chi connectivity index (χ0n) is 16.7. The molecule has 0 spiro atoms. The fourth-order valence-electron chi connectivity index (χ4n) is 2.37. The highest BCUT2D eigenvalue weighted by Gasteiger charge is 2.86. The van der Waals surface area contributed by atoms with Crippen LogP contribution in [0.2, 0.25) is 0 Å². The molecule has 0 saturated carbocycles. The minimum Gasteiger partial charge on any atom is -0.443 e. The molecule has 33 heavy (non-hydrogen) atoms. The molecule has 2 rings (SSSR count). The van der Waals surface area contributed by atoms with Crippen LogP contribution in [0.3, 0.4) is 0 Å². The van der Waals surface area contributed by atoms with Gasteiger partial charge >= 0.3 is 39.5 Å². The maximum absolute atomic E-state index is 13.9. The lowest BCUT2D eigenvalue weighted by Crippen LogP contribution is -2.63. The lowest BCUT2D eigenvalue weighted by molar-refractivity contribution is -0.382. The van der Waals surface area contributed by atoms with Gasteiger partial charge in [0.15, 0.2) is 5.75 Å². The van der Waals surface area contributed by atoms with Gasteiger partial charge in [0.2, 0.25) is 0 Å². The Kier molecular flexibility index (Phi) is 6.21. The molecular weight excluding hydrogens is 501 g/mol. The second-order valence-electron chi connectivity index (χ2n) is 7.56. The van der Waals surface area contributed by atoms with Crippen LogP contribution in [0, 0.1) is 0 Å². The van der Waals surface area contributed by atoms with Gasteiger partial charge in [0.1, 0.15) is 5.60 Å². The summed E-state index contributed by atoms with van der Waals surface area (Å²) in [6.45, 7) is 4.49. The van der Waals surface area contributed by atoms with E-state index in [2.05, 4.69) is 4.18 Å². The third-order valence-electron chi connectivity index (χ3n) is 3.91. The molecule has 1 aromatic carbocycles. The van der Waals surface area contributed by atoms with Crippen LogP contribution in [0.5, 0.6) is 5.75 Å². The molecule has 0 unspecified atom stereocenters. The van der Waals surface area contributed by atoms with Crippen molar-refractivity contribution in [3.8, 4) is 5.75 Å². The van der Waals surface area contributed by atoms with E-state index in [4.69, 9.17) is 4.74 Å². The molecule has 2 aromatic rings. The van der Waals surface area contributed by atoms with Crippen molar-refractivity contribution in [3.05, 3.63) is 30.5 Å². The third kappa shape index (κ3) is 4.44. The average Bonchev–Trinajstić information content (AvgIpc) is 3.03. The molecule has 0 bridgehead atoms. The predicted molar refractivity (Wildman–Crippen MR) is 94.0 cm³/mol. The van der Waals surface area contributed by atoms with Gasteiger partial charge in [0.25, 0.3) is 0 Å². The summed E-state index contributed by atoms with van der Waals surface area (Å²) >= 11 is 0. The first-order chi connectivity index (χ1) is 14.6. The van der Waals surface area contributed by atoms with Gasteiger partial charge in [0.05, 0.1) is 5.52 Å². The first kappa shape index (κ1) is 26.6. The summed E-state index contributed by atoms with van der Waals surface area (Å²) in [6, 6.07) is 3.57. The average molecular weight is 515 g/mol. The molecule has 1 aromatic heterocycles. The zero-order chi connectivity index (χ0) is 25.8. The van der Waals surface area contributed by atoms with E-state index in [9.17, 15) is 52.7 Å². The number of rotatable bonds is 5. The molecule has 0 aliphatic carbocycles. The molecule has 0 aliphatic rings. The minimum absolute atomic E-state index is 0.243. The molecule has 0 saturated heterocycles. The number of halogens is 9. The Labute approximate surface area is 180 Å². The summed E-state index contributed by atoms with van der Waals surface area (Å²) in [4.78, 5) is 12.2. The molecular formula is C17H14F9NO5S. The third-order valence-corrected chi connectivity index (χ3v) is 5.20. The van der Waals surface area contributed by atoms with Gasteiger partial charge in [-0.05, 0) is 39.0 Å². The van der Waals surface area contributed by atoms with Gasteiger partial charge in [0, 0.05) is 11.6 Å². The van der Waals surface area contributed by atoms with Gasteiger partial charge in [-0.1, -0.05) is 6.07 Å². The second-order valence-corrected chi connectivity index (χ2v) is 9.14. The van der Waals surface area contributed by atoms with Gasteiger partial charge < -0.3 is 8.92 Å². The van der Waals surface area contributed by atoms with Crippen molar-refractivity contribution in [2.24, 2.45) is 0 Å². The van der Waals surface area contributed by atoms with Crippen LogP contribution in [-0.2, 0) is 14.9 Å². The van der Waals surface area contributed by atoms with E-state index in [1.165, 1.54) is 20.8 Å². The largest absolute Gasteiger partial charge is 0.460 e. The zero-order valence-corrected chi connectivity index (χ0v) is 17.5.